The highest BCUT2D eigenvalue weighted by Crippen LogP contribution is 2.50. The number of anilines is 1. The number of fused-ring (bicyclic) bond motifs is 3. The van der Waals surface area contributed by atoms with Gasteiger partial charge in [0.15, 0.2) is 0 Å². The normalized spacial score (nSPS) is 21.8. The molecule has 152 valence electrons. The van der Waals surface area contributed by atoms with E-state index in [0.29, 0.717) is 30.6 Å². The van der Waals surface area contributed by atoms with Crippen molar-refractivity contribution in [2.75, 3.05) is 32.7 Å². The first-order valence-electron chi connectivity index (χ1n) is 10.2. The molecule has 0 fully saturated rings. The predicted molar refractivity (Wildman–Crippen MR) is 115 cm³/mol. The van der Waals surface area contributed by atoms with Crippen LogP contribution in [0, 0.1) is 5.92 Å². The Kier molecular flexibility index (Phi) is 5.86. The lowest BCUT2D eigenvalue weighted by molar-refractivity contribution is 0.0949. The average molecular weight is 392 g/mol. The summed E-state index contributed by atoms with van der Waals surface area (Å²) in [5.74, 6) is 1.54. The number of amides is 1. The largest absolute Gasteiger partial charge is 0.497 e. The van der Waals surface area contributed by atoms with Gasteiger partial charge in [-0.05, 0) is 48.1 Å². The molecule has 2 aromatic rings. The average Bonchev–Trinajstić information content (AvgIpc) is 3.26. The van der Waals surface area contributed by atoms with Crippen LogP contribution in [0.4, 0.5) is 5.69 Å². The van der Waals surface area contributed by atoms with Crippen molar-refractivity contribution in [1.82, 2.24) is 5.32 Å². The fourth-order valence-electron chi connectivity index (χ4n) is 4.49. The molecule has 3 unspecified atom stereocenters. The van der Waals surface area contributed by atoms with Crippen LogP contribution in [0.5, 0.6) is 5.75 Å². The molecular weight excluding hydrogens is 364 g/mol. The van der Waals surface area contributed by atoms with E-state index in [1.54, 1.807) is 14.2 Å². The van der Waals surface area contributed by atoms with Crippen LogP contribution < -0.4 is 15.4 Å². The third-order valence-electron chi connectivity index (χ3n) is 5.91. The van der Waals surface area contributed by atoms with E-state index in [-0.39, 0.29) is 11.9 Å². The summed E-state index contributed by atoms with van der Waals surface area (Å²) in [5, 5.41) is 6.73. The maximum Gasteiger partial charge on any atom is 0.253 e. The van der Waals surface area contributed by atoms with Crippen LogP contribution in [0.25, 0.3) is 0 Å². The lowest BCUT2D eigenvalue weighted by Crippen LogP contribution is -2.32. The molecule has 29 heavy (non-hydrogen) atoms. The van der Waals surface area contributed by atoms with Crippen LogP contribution in [0.15, 0.2) is 54.6 Å². The first kappa shape index (κ1) is 19.5. The summed E-state index contributed by atoms with van der Waals surface area (Å²) < 4.78 is 10.5. The minimum Gasteiger partial charge on any atom is -0.497 e. The van der Waals surface area contributed by atoms with Crippen molar-refractivity contribution in [3.63, 3.8) is 0 Å². The molecule has 0 aromatic heterocycles. The van der Waals surface area contributed by atoms with Gasteiger partial charge in [0.25, 0.3) is 5.91 Å². The molecule has 0 bridgehead atoms. The Labute approximate surface area is 172 Å². The van der Waals surface area contributed by atoms with Crippen molar-refractivity contribution in [3.8, 4) is 5.75 Å². The minimum atomic E-state index is -0.0460. The first-order chi connectivity index (χ1) is 14.2. The van der Waals surface area contributed by atoms with Gasteiger partial charge in [-0.2, -0.15) is 0 Å². The van der Waals surface area contributed by atoms with Crippen LogP contribution in [0.1, 0.15) is 46.3 Å². The summed E-state index contributed by atoms with van der Waals surface area (Å²) in [6.07, 6.45) is 6.37. The Morgan fingerprint density at radius 3 is 2.90 bits per heavy atom. The maximum absolute atomic E-state index is 12.9. The van der Waals surface area contributed by atoms with Crippen molar-refractivity contribution in [2.45, 2.75) is 24.8 Å². The van der Waals surface area contributed by atoms with E-state index in [9.17, 15) is 4.79 Å². The number of nitrogens with one attached hydrogen (secondary N) is 2. The minimum absolute atomic E-state index is 0.0460. The van der Waals surface area contributed by atoms with Crippen molar-refractivity contribution in [1.29, 1.82) is 0 Å². The third-order valence-corrected chi connectivity index (χ3v) is 5.91. The summed E-state index contributed by atoms with van der Waals surface area (Å²) in [6.45, 7) is 1.24. The highest BCUT2D eigenvalue weighted by molar-refractivity contribution is 6.00. The number of methoxy groups -OCH3 is 2. The van der Waals surface area contributed by atoms with Crippen LogP contribution in [0.3, 0.4) is 0 Å². The van der Waals surface area contributed by atoms with Gasteiger partial charge in [0.1, 0.15) is 5.75 Å². The highest BCUT2D eigenvalue weighted by atomic mass is 16.5. The molecule has 1 aliphatic heterocycles. The van der Waals surface area contributed by atoms with Gasteiger partial charge in [0, 0.05) is 26.2 Å². The van der Waals surface area contributed by atoms with Gasteiger partial charge in [-0.1, -0.05) is 36.4 Å². The number of benzene rings is 2. The second-order valence-corrected chi connectivity index (χ2v) is 7.62. The van der Waals surface area contributed by atoms with Crippen LogP contribution in [-0.2, 0) is 4.74 Å². The number of ether oxygens (including phenoxy) is 2. The van der Waals surface area contributed by atoms with Crippen molar-refractivity contribution >= 4 is 11.6 Å². The summed E-state index contributed by atoms with van der Waals surface area (Å²) in [5.41, 5.74) is 4.03. The van der Waals surface area contributed by atoms with Crippen molar-refractivity contribution in [3.05, 3.63) is 71.3 Å². The van der Waals surface area contributed by atoms with E-state index in [1.165, 1.54) is 11.1 Å². The fraction of sp³-hybridized carbons (Fsp3) is 0.375. The molecule has 4 rings (SSSR count). The predicted octanol–water partition coefficient (Wildman–Crippen LogP) is 4.29. The van der Waals surface area contributed by atoms with E-state index >= 15 is 0 Å². The number of rotatable bonds is 7. The third kappa shape index (κ3) is 3.87. The van der Waals surface area contributed by atoms with Crippen molar-refractivity contribution in [2.24, 2.45) is 5.92 Å². The Balaban J connectivity index is 1.65. The molecule has 0 saturated carbocycles. The van der Waals surface area contributed by atoms with E-state index in [4.69, 9.17) is 9.47 Å². The number of hydrogen-bond acceptors (Lipinski definition) is 4. The Morgan fingerprint density at radius 2 is 2.07 bits per heavy atom. The molecule has 2 aliphatic rings. The van der Waals surface area contributed by atoms with E-state index in [1.807, 2.05) is 24.3 Å². The quantitative estimate of drug-likeness (QED) is 0.545. The fourth-order valence-corrected chi connectivity index (χ4v) is 4.49. The zero-order chi connectivity index (χ0) is 20.2. The van der Waals surface area contributed by atoms with Crippen LogP contribution in [-0.4, -0.2) is 33.3 Å². The smallest absolute Gasteiger partial charge is 0.253 e. The van der Waals surface area contributed by atoms with Gasteiger partial charge in [-0.3, -0.25) is 4.79 Å². The molecule has 1 aliphatic carbocycles. The standard InChI is InChI=1S/C24H28N2O3/c1-28-14-6-13-25-24(27)21-12-5-11-20-18-9-4-10-19(18)22(26-23(20)21)16-7-3-8-17(15-16)29-2/h3-5,7-9,11-12,15,18-19,22,26H,6,10,13-14H2,1-2H3,(H,25,27). The number of hydrogen-bond donors (Lipinski definition) is 2. The van der Waals surface area contributed by atoms with E-state index < -0.39 is 0 Å². The summed E-state index contributed by atoms with van der Waals surface area (Å²) in [6, 6.07) is 14.4. The second kappa shape index (κ2) is 8.70. The van der Waals surface area contributed by atoms with Gasteiger partial charge >= 0.3 is 0 Å². The van der Waals surface area contributed by atoms with Crippen LogP contribution >= 0.6 is 0 Å². The first-order valence-corrected chi connectivity index (χ1v) is 10.2. The molecular formula is C24H28N2O3. The SMILES string of the molecule is COCCCNC(=O)c1cccc2c1NC(c1cccc(OC)c1)C1CC=CC21. The highest BCUT2D eigenvalue weighted by Gasteiger charge is 2.39. The van der Waals surface area contributed by atoms with E-state index in [2.05, 4.69) is 41.0 Å². The Hall–Kier alpha value is -2.79. The molecule has 2 aromatic carbocycles. The summed E-state index contributed by atoms with van der Waals surface area (Å²) >= 11 is 0. The zero-order valence-corrected chi connectivity index (χ0v) is 17.0. The number of allylic oxidation sites excluding steroid dienone is 2. The summed E-state index contributed by atoms with van der Waals surface area (Å²) in [7, 11) is 3.36. The van der Waals surface area contributed by atoms with Crippen LogP contribution in [0.2, 0.25) is 0 Å². The molecule has 1 amide bonds. The molecule has 5 nitrogen and oxygen atoms in total. The number of carbonyl (C=O) groups is 1. The van der Waals surface area contributed by atoms with Gasteiger partial charge in [-0.25, -0.2) is 0 Å². The number of carbonyl (C=O) groups excluding carboxylic acids is 1. The Morgan fingerprint density at radius 1 is 1.21 bits per heavy atom. The van der Waals surface area contributed by atoms with Crippen molar-refractivity contribution < 1.29 is 14.3 Å². The lowest BCUT2D eigenvalue weighted by Gasteiger charge is -2.38. The topological polar surface area (TPSA) is 59.6 Å². The van der Waals surface area contributed by atoms with Gasteiger partial charge in [-0.15, -0.1) is 0 Å². The number of para-hydroxylation sites is 1. The Bertz CT molecular complexity index is 909. The second-order valence-electron chi connectivity index (χ2n) is 7.62. The van der Waals surface area contributed by atoms with Gasteiger partial charge in [0.05, 0.1) is 24.4 Å². The maximum atomic E-state index is 12.9. The lowest BCUT2D eigenvalue weighted by atomic mass is 9.76. The summed E-state index contributed by atoms with van der Waals surface area (Å²) in [4.78, 5) is 12.9. The molecule has 0 spiro atoms. The molecule has 2 N–H and O–H groups in total. The zero-order valence-electron chi connectivity index (χ0n) is 17.0. The monoisotopic (exact) mass is 392 g/mol. The molecule has 3 atom stereocenters. The van der Waals surface area contributed by atoms with Gasteiger partial charge < -0.3 is 20.1 Å². The molecule has 5 heteroatoms. The molecule has 1 heterocycles. The molecule has 0 saturated heterocycles. The van der Waals surface area contributed by atoms with E-state index in [0.717, 1.165) is 24.3 Å². The van der Waals surface area contributed by atoms with Gasteiger partial charge in [0.2, 0.25) is 0 Å². The molecule has 0 radical (unpaired) electrons.